The maximum atomic E-state index is 11.3. The molecule has 0 aromatic carbocycles. The van der Waals surface area contributed by atoms with E-state index in [9.17, 15) is 9.59 Å². The zero-order valence-electron chi connectivity index (χ0n) is 7.78. The number of halogens is 1. The van der Waals surface area contributed by atoms with Crippen LogP contribution in [-0.4, -0.2) is 22.5 Å². The highest BCUT2D eigenvalue weighted by atomic mass is 35.5. The smallest absolute Gasteiger partial charge is 0.166 e. The molecule has 0 unspecified atom stereocenters. The highest BCUT2D eigenvalue weighted by Crippen LogP contribution is 2.02. The molecule has 0 saturated heterocycles. The van der Waals surface area contributed by atoms with Crippen molar-refractivity contribution in [2.75, 3.05) is 5.88 Å². The van der Waals surface area contributed by atoms with Crippen molar-refractivity contribution in [3.05, 3.63) is 24.0 Å². The lowest BCUT2D eigenvalue weighted by molar-refractivity contribution is -0.119. The number of Topliss-reactive ketones (excluding diaryl/α,β-unsaturated/α-hetero) is 1. The van der Waals surface area contributed by atoms with Gasteiger partial charge >= 0.3 is 0 Å². The van der Waals surface area contributed by atoms with Crippen LogP contribution in [0.4, 0.5) is 0 Å². The summed E-state index contributed by atoms with van der Waals surface area (Å²) in [5.41, 5.74) is 0.532. The number of nitrogens with zero attached hydrogens (tertiary/aromatic N) is 1. The second kappa shape index (κ2) is 5.60. The second-order valence-corrected chi connectivity index (χ2v) is 3.39. The SMILES string of the molecule is O=Cc1cccn1CC(=O)CCCCl. The standard InChI is InChI=1S/C10H12ClNO2/c11-5-1-4-10(14)7-12-6-2-3-9(12)8-13/h2-3,6,8H,1,4-5,7H2. The molecule has 0 spiro atoms. The molecule has 0 aliphatic carbocycles. The molecule has 0 N–H and O–H groups in total. The van der Waals surface area contributed by atoms with Crippen molar-refractivity contribution in [2.24, 2.45) is 0 Å². The highest BCUT2D eigenvalue weighted by Gasteiger charge is 2.05. The first-order valence-electron chi connectivity index (χ1n) is 4.46. The summed E-state index contributed by atoms with van der Waals surface area (Å²) in [6, 6.07) is 3.43. The fraction of sp³-hybridized carbons (Fsp3) is 0.400. The molecular weight excluding hydrogens is 202 g/mol. The Morgan fingerprint density at radius 3 is 3.00 bits per heavy atom. The Bertz CT molecular complexity index is 320. The molecule has 1 rings (SSSR count). The van der Waals surface area contributed by atoms with E-state index in [2.05, 4.69) is 0 Å². The van der Waals surface area contributed by atoms with E-state index in [1.54, 1.807) is 22.9 Å². The summed E-state index contributed by atoms with van der Waals surface area (Å²) in [6.07, 6.45) is 3.63. The van der Waals surface area contributed by atoms with Crippen LogP contribution in [0.15, 0.2) is 18.3 Å². The van der Waals surface area contributed by atoms with Crippen molar-refractivity contribution in [1.82, 2.24) is 4.57 Å². The predicted molar refractivity (Wildman–Crippen MR) is 54.8 cm³/mol. The first kappa shape index (κ1) is 11.0. The van der Waals surface area contributed by atoms with E-state index in [1.165, 1.54) is 0 Å². The van der Waals surface area contributed by atoms with Gasteiger partial charge in [0.1, 0.15) is 0 Å². The third kappa shape index (κ3) is 3.00. The largest absolute Gasteiger partial charge is 0.338 e. The maximum Gasteiger partial charge on any atom is 0.166 e. The summed E-state index contributed by atoms with van der Waals surface area (Å²) in [6.45, 7) is 0.262. The van der Waals surface area contributed by atoms with Crippen molar-refractivity contribution in [3.63, 3.8) is 0 Å². The van der Waals surface area contributed by atoms with E-state index < -0.39 is 0 Å². The molecule has 0 amide bonds. The molecule has 14 heavy (non-hydrogen) atoms. The van der Waals surface area contributed by atoms with Crippen molar-refractivity contribution in [2.45, 2.75) is 19.4 Å². The van der Waals surface area contributed by atoms with Crippen molar-refractivity contribution in [1.29, 1.82) is 0 Å². The van der Waals surface area contributed by atoms with Crippen LogP contribution < -0.4 is 0 Å². The van der Waals surface area contributed by atoms with Gasteiger partial charge in [-0.1, -0.05) is 0 Å². The summed E-state index contributed by atoms with van der Waals surface area (Å²) in [4.78, 5) is 21.9. The van der Waals surface area contributed by atoms with E-state index in [0.717, 1.165) is 6.29 Å². The molecule has 0 aliphatic rings. The van der Waals surface area contributed by atoms with Crippen molar-refractivity contribution in [3.8, 4) is 0 Å². The van der Waals surface area contributed by atoms with E-state index in [0.29, 0.717) is 24.4 Å². The number of rotatable bonds is 6. The first-order chi connectivity index (χ1) is 6.77. The topological polar surface area (TPSA) is 39.1 Å². The van der Waals surface area contributed by atoms with E-state index in [1.807, 2.05) is 0 Å². The van der Waals surface area contributed by atoms with Crippen LogP contribution in [-0.2, 0) is 11.3 Å². The van der Waals surface area contributed by atoms with Gasteiger partial charge in [0.15, 0.2) is 12.1 Å². The molecule has 0 bridgehead atoms. The molecule has 0 saturated carbocycles. The number of alkyl halides is 1. The van der Waals surface area contributed by atoms with Gasteiger partial charge in [0.25, 0.3) is 0 Å². The number of aromatic nitrogens is 1. The lowest BCUT2D eigenvalue weighted by Gasteiger charge is -2.03. The molecule has 0 fully saturated rings. The van der Waals surface area contributed by atoms with Gasteiger partial charge < -0.3 is 4.57 Å². The van der Waals surface area contributed by atoms with E-state index in [4.69, 9.17) is 11.6 Å². The first-order valence-corrected chi connectivity index (χ1v) is 4.99. The van der Waals surface area contributed by atoms with Gasteiger partial charge in [0.2, 0.25) is 0 Å². The molecule has 0 aliphatic heterocycles. The van der Waals surface area contributed by atoms with Crippen molar-refractivity contribution >= 4 is 23.7 Å². The number of carbonyl (C=O) groups excluding carboxylic acids is 2. The Labute approximate surface area is 87.7 Å². The van der Waals surface area contributed by atoms with Gasteiger partial charge in [-0.15, -0.1) is 11.6 Å². The van der Waals surface area contributed by atoms with Gasteiger partial charge in [0, 0.05) is 18.5 Å². The molecular formula is C10H12ClNO2. The third-order valence-corrected chi connectivity index (χ3v) is 2.19. The molecule has 4 heteroatoms. The minimum Gasteiger partial charge on any atom is -0.338 e. The Hall–Kier alpha value is -1.09. The zero-order chi connectivity index (χ0) is 10.4. The van der Waals surface area contributed by atoms with Crippen LogP contribution in [0.1, 0.15) is 23.3 Å². The Kier molecular flexibility index (Phi) is 4.40. The average Bonchev–Trinajstić information content (AvgIpc) is 2.62. The van der Waals surface area contributed by atoms with E-state index >= 15 is 0 Å². The van der Waals surface area contributed by atoms with Crippen LogP contribution in [0.2, 0.25) is 0 Å². The van der Waals surface area contributed by atoms with Crippen LogP contribution in [0.3, 0.4) is 0 Å². The summed E-state index contributed by atoms with van der Waals surface area (Å²) < 4.78 is 1.64. The van der Waals surface area contributed by atoms with Crippen LogP contribution in [0, 0.1) is 0 Å². The number of hydrogen-bond acceptors (Lipinski definition) is 2. The highest BCUT2D eigenvalue weighted by molar-refractivity contribution is 6.17. The van der Waals surface area contributed by atoms with Gasteiger partial charge in [0.05, 0.1) is 12.2 Å². The molecule has 1 aromatic rings. The predicted octanol–water partition coefficient (Wildman–Crippen LogP) is 1.89. The Morgan fingerprint density at radius 2 is 2.36 bits per heavy atom. The average molecular weight is 214 g/mol. The quantitative estimate of drug-likeness (QED) is 0.535. The summed E-state index contributed by atoms with van der Waals surface area (Å²) in [5, 5.41) is 0. The fourth-order valence-corrected chi connectivity index (χ4v) is 1.34. The normalized spacial score (nSPS) is 10.1. The van der Waals surface area contributed by atoms with E-state index in [-0.39, 0.29) is 12.3 Å². The number of ketones is 1. The minimum absolute atomic E-state index is 0.102. The molecule has 1 heterocycles. The van der Waals surface area contributed by atoms with Gasteiger partial charge in [-0.3, -0.25) is 9.59 Å². The van der Waals surface area contributed by atoms with Gasteiger partial charge in [-0.05, 0) is 18.6 Å². The number of hydrogen-bond donors (Lipinski definition) is 0. The van der Waals surface area contributed by atoms with Crippen LogP contribution >= 0.6 is 11.6 Å². The molecule has 3 nitrogen and oxygen atoms in total. The molecule has 0 atom stereocenters. The lowest BCUT2D eigenvalue weighted by atomic mass is 10.2. The lowest BCUT2D eigenvalue weighted by Crippen LogP contribution is -2.11. The van der Waals surface area contributed by atoms with Crippen LogP contribution in [0.25, 0.3) is 0 Å². The monoisotopic (exact) mass is 213 g/mol. The molecule has 0 radical (unpaired) electrons. The summed E-state index contributed by atoms with van der Waals surface area (Å²) in [7, 11) is 0. The number of aldehydes is 1. The Balaban J connectivity index is 2.51. The third-order valence-electron chi connectivity index (χ3n) is 1.92. The van der Waals surface area contributed by atoms with Crippen molar-refractivity contribution < 1.29 is 9.59 Å². The number of carbonyl (C=O) groups is 2. The Morgan fingerprint density at radius 1 is 1.57 bits per heavy atom. The summed E-state index contributed by atoms with van der Waals surface area (Å²) in [5.74, 6) is 0.600. The van der Waals surface area contributed by atoms with Crippen LogP contribution in [0.5, 0.6) is 0 Å². The van der Waals surface area contributed by atoms with Gasteiger partial charge in [-0.2, -0.15) is 0 Å². The zero-order valence-corrected chi connectivity index (χ0v) is 8.54. The fourth-order valence-electron chi connectivity index (χ4n) is 1.21. The maximum absolute atomic E-state index is 11.3. The summed E-state index contributed by atoms with van der Waals surface area (Å²) >= 11 is 5.47. The molecule has 1 aromatic heterocycles. The second-order valence-electron chi connectivity index (χ2n) is 3.01. The minimum atomic E-state index is 0.102. The van der Waals surface area contributed by atoms with Gasteiger partial charge in [-0.25, -0.2) is 0 Å². The molecule has 76 valence electrons.